The molecule has 2 aromatic rings. The molecule has 8 heteroatoms. The van der Waals surface area contributed by atoms with E-state index in [1.54, 1.807) is 18.2 Å². The Morgan fingerprint density at radius 1 is 1.13 bits per heavy atom. The Morgan fingerprint density at radius 3 is 2.61 bits per heavy atom. The predicted molar refractivity (Wildman–Crippen MR) is 91.3 cm³/mol. The van der Waals surface area contributed by atoms with Crippen molar-refractivity contribution in [2.45, 2.75) is 11.0 Å². The van der Waals surface area contributed by atoms with E-state index in [0.717, 1.165) is 8.95 Å². The Hall–Kier alpha value is -1.09. The normalized spacial score (nSPS) is 17.0. The number of halogens is 2. The number of hydrogen-bond donors (Lipinski definition) is 0. The summed E-state index contributed by atoms with van der Waals surface area (Å²) >= 11 is 6.63. The Kier molecular flexibility index (Phi) is 4.96. The van der Waals surface area contributed by atoms with E-state index in [4.69, 9.17) is 13.7 Å². The molecule has 1 atom stereocenters. The molecule has 0 unspecified atom stereocenters. The van der Waals surface area contributed by atoms with Crippen LogP contribution in [0.1, 0.15) is 0 Å². The molecule has 1 aliphatic rings. The van der Waals surface area contributed by atoms with Crippen molar-refractivity contribution in [3.63, 3.8) is 0 Å². The summed E-state index contributed by atoms with van der Waals surface area (Å²) in [5, 5.41) is 0. The highest BCUT2D eigenvalue weighted by molar-refractivity contribution is 9.10. The minimum Gasteiger partial charge on any atom is -0.485 e. The van der Waals surface area contributed by atoms with Gasteiger partial charge in [-0.1, -0.05) is 22.0 Å². The first-order chi connectivity index (χ1) is 11.0. The molecule has 0 aromatic heterocycles. The highest BCUT2D eigenvalue weighted by atomic mass is 79.9. The number of rotatable bonds is 4. The molecular formula is C15H12Br2O5S. The first-order valence-electron chi connectivity index (χ1n) is 6.69. The standard InChI is InChI=1S/C15H12Br2O5S/c16-10-4-6-12(7-5-10)23(18,19)21-9-11-8-20-15-13(17)2-1-3-14(15)22-11/h1-7,11H,8-9H2/t11-/m1/s1. The molecule has 0 spiro atoms. The summed E-state index contributed by atoms with van der Waals surface area (Å²) in [5.41, 5.74) is 0. The van der Waals surface area contributed by atoms with Crippen molar-refractivity contribution in [3.05, 3.63) is 51.4 Å². The fraction of sp³-hybridized carbons (Fsp3) is 0.200. The van der Waals surface area contributed by atoms with Crippen LogP contribution in [0.2, 0.25) is 0 Å². The SMILES string of the molecule is O=S(=O)(OC[C@H]1COc2c(Br)cccc2O1)c1ccc(Br)cc1. The molecule has 122 valence electrons. The summed E-state index contributed by atoms with van der Waals surface area (Å²) in [6.07, 6.45) is -0.498. The van der Waals surface area contributed by atoms with E-state index in [9.17, 15) is 8.42 Å². The van der Waals surface area contributed by atoms with E-state index in [-0.39, 0.29) is 18.1 Å². The van der Waals surface area contributed by atoms with Crippen LogP contribution in [0.3, 0.4) is 0 Å². The van der Waals surface area contributed by atoms with Crippen molar-refractivity contribution in [1.82, 2.24) is 0 Å². The van der Waals surface area contributed by atoms with Gasteiger partial charge >= 0.3 is 0 Å². The summed E-state index contributed by atoms with van der Waals surface area (Å²) in [6.45, 7) is 0.0931. The molecule has 0 radical (unpaired) electrons. The van der Waals surface area contributed by atoms with Gasteiger partial charge < -0.3 is 9.47 Å². The Labute approximate surface area is 150 Å². The van der Waals surface area contributed by atoms with Crippen molar-refractivity contribution < 1.29 is 22.1 Å². The van der Waals surface area contributed by atoms with Crippen LogP contribution in [0.15, 0.2) is 56.3 Å². The molecule has 0 saturated heterocycles. The van der Waals surface area contributed by atoms with E-state index in [1.807, 2.05) is 12.1 Å². The average Bonchev–Trinajstić information content (AvgIpc) is 2.54. The van der Waals surface area contributed by atoms with Crippen molar-refractivity contribution in [2.75, 3.05) is 13.2 Å². The zero-order chi connectivity index (χ0) is 16.4. The average molecular weight is 464 g/mol. The molecule has 0 N–H and O–H groups in total. The van der Waals surface area contributed by atoms with Crippen molar-refractivity contribution in [2.24, 2.45) is 0 Å². The Balaban J connectivity index is 1.66. The van der Waals surface area contributed by atoms with Crippen LogP contribution in [0.5, 0.6) is 11.5 Å². The summed E-state index contributed by atoms with van der Waals surface area (Å²) in [7, 11) is -3.83. The van der Waals surface area contributed by atoms with Gasteiger partial charge in [0.15, 0.2) is 17.6 Å². The van der Waals surface area contributed by atoms with Gasteiger partial charge in [-0.25, -0.2) is 0 Å². The van der Waals surface area contributed by atoms with Crippen LogP contribution in [-0.4, -0.2) is 27.7 Å². The fourth-order valence-corrected chi connectivity index (χ4v) is 3.69. The maximum atomic E-state index is 12.1. The second kappa shape index (κ2) is 6.80. The zero-order valence-corrected chi connectivity index (χ0v) is 15.7. The molecule has 2 aromatic carbocycles. The summed E-state index contributed by atoms with van der Waals surface area (Å²) in [4.78, 5) is 0.0978. The fourth-order valence-electron chi connectivity index (χ4n) is 2.03. The van der Waals surface area contributed by atoms with E-state index >= 15 is 0 Å². The molecule has 23 heavy (non-hydrogen) atoms. The van der Waals surface area contributed by atoms with E-state index in [1.165, 1.54) is 12.1 Å². The molecule has 0 amide bonds. The quantitative estimate of drug-likeness (QED) is 0.646. The van der Waals surface area contributed by atoms with Crippen LogP contribution in [0, 0.1) is 0 Å². The molecule has 1 heterocycles. The number of hydrogen-bond acceptors (Lipinski definition) is 5. The lowest BCUT2D eigenvalue weighted by atomic mass is 10.3. The van der Waals surface area contributed by atoms with Gasteiger partial charge in [-0.15, -0.1) is 0 Å². The molecule has 1 aliphatic heterocycles. The molecule has 5 nitrogen and oxygen atoms in total. The summed E-state index contributed by atoms with van der Waals surface area (Å²) < 4.78 is 42.3. The van der Waals surface area contributed by atoms with Crippen LogP contribution in [0.4, 0.5) is 0 Å². The molecule has 3 rings (SSSR count). The lowest BCUT2D eigenvalue weighted by molar-refractivity contribution is 0.0549. The van der Waals surface area contributed by atoms with Crippen molar-refractivity contribution in [1.29, 1.82) is 0 Å². The zero-order valence-electron chi connectivity index (χ0n) is 11.7. The van der Waals surface area contributed by atoms with E-state index < -0.39 is 16.2 Å². The molecule has 0 saturated carbocycles. The summed E-state index contributed by atoms with van der Waals surface area (Å²) in [5.74, 6) is 1.17. The third-order valence-electron chi connectivity index (χ3n) is 3.15. The van der Waals surface area contributed by atoms with Crippen LogP contribution in [0.25, 0.3) is 0 Å². The molecule has 0 aliphatic carbocycles. The lowest BCUT2D eigenvalue weighted by Gasteiger charge is -2.26. The van der Waals surface area contributed by atoms with Gasteiger partial charge in [0.2, 0.25) is 0 Å². The second-order valence-electron chi connectivity index (χ2n) is 4.81. The number of benzene rings is 2. The van der Waals surface area contributed by atoms with Gasteiger partial charge in [0.1, 0.15) is 13.2 Å². The van der Waals surface area contributed by atoms with Crippen LogP contribution < -0.4 is 9.47 Å². The maximum absolute atomic E-state index is 12.1. The maximum Gasteiger partial charge on any atom is 0.297 e. The third-order valence-corrected chi connectivity index (χ3v) is 5.60. The smallest absolute Gasteiger partial charge is 0.297 e. The van der Waals surface area contributed by atoms with Crippen LogP contribution >= 0.6 is 31.9 Å². The van der Waals surface area contributed by atoms with E-state index in [2.05, 4.69) is 31.9 Å². The topological polar surface area (TPSA) is 61.8 Å². The van der Waals surface area contributed by atoms with Gasteiger partial charge in [-0.3, -0.25) is 4.18 Å². The first-order valence-corrected chi connectivity index (χ1v) is 9.68. The van der Waals surface area contributed by atoms with Gasteiger partial charge in [0.25, 0.3) is 10.1 Å². The molecular weight excluding hydrogens is 452 g/mol. The van der Waals surface area contributed by atoms with Gasteiger partial charge in [0, 0.05) is 4.47 Å². The van der Waals surface area contributed by atoms with Gasteiger partial charge in [-0.2, -0.15) is 8.42 Å². The highest BCUT2D eigenvalue weighted by Gasteiger charge is 2.25. The highest BCUT2D eigenvalue weighted by Crippen LogP contribution is 2.38. The Bertz CT molecular complexity index is 805. The minimum absolute atomic E-state index is 0.0978. The van der Waals surface area contributed by atoms with Crippen molar-refractivity contribution in [3.8, 4) is 11.5 Å². The number of para-hydroxylation sites is 1. The molecule has 0 bridgehead atoms. The predicted octanol–water partition coefficient (Wildman–Crippen LogP) is 3.76. The van der Waals surface area contributed by atoms with E-state index in [0.29, 0.717) is 11.5 Å². The first kappa shape index (κ1) is 16.8. The van der Waals surface area contributed by atoms with Gasteiger partial charge in [0.05, 0.1) is 9.37 Å². The Morgan fingerprint density at radius 2 is 1.87 bits per heavy atom. The monoisotopic (exact) mass is 462 g/mol. The van der Waals surface area contributed by atoms with Gasteiger partial charge in [-0.05, 0) is 52.3 Å². The van der Waals surface area contributed by atoms with Crippen molar-refractivity contribution >= 4 is 42.0 Å². The number of fused-ring (bicyclic) bond motifs is 1. The third kappa shape index (κ3) is 3.88. The summed E-state index contributed by atoms with van der Waals surface area (Å²) in [6, 6.07) is 11.7. The molecule has 0 fully saturated rings. The number of ether oxygens (including phenoxy) is 2. The largest absolute Gasteiger partial charge is 0.485 e. The van der Waals surface area contributed by atoms with Crippen LogP contribution in [-0.2, 0) is 14.3 Å². The lowest BCUT2D eigenvalue weighted by Crippen LogP contribution is -2.34. The second-order valence-corrected chi connectivity index (χ2v) is 8.20. The minimum atomic E-state index is -3.83.